The first-order valence-electron chi connectivity index (χ1n) is 7.93. The summed E-state index contributed by atoms with van der Waals surface area (Å²) in [7, 11) is 0. The highest BCUT2D eigenvalue weighted by Crippen LogP contribution is 2.27. The Morgan fingerprint density at radius 3 is 2.43 bits per heavy atom. The number of anilines is 1. The zero-order valence-corrected chi connectivity index (χ0v) is 12.9. The summed E-state index contributed by atoms with van der Waals surface area (Å²) in [5.41, 5.74) is 1.85. The Hall–Kier alpha value is -2.46. The van der Waals surface area contributed by atoms with Gasteiger partial charge in [0.25, 0.3) is 0 Å². The van der Waals surface area contributed by atoms with Gasteiger partial charge in [-0.2, -0.15) is 0 Å². The minimum Gasteiger partial charge on any atom is -0.325 e. The molecule has 4 nitrogen and oxygen atoms in total. The number of carbonyl (C=O) groups excluding carboxylic acids is 2. The lowest BCUT2D eigenvalue weighted by Crippen LogP contribution is -2.29. The van der Waals surface area contributed by atoms with Crippen molar-refractivity contribution in [1.82, 2.24) is 5.32 Å². The Balaban J connectivity index is 1.60. The van der Waals surface area contributed by atoms with E-state index < -0.39 is 0 Å². The van der Waals surface area contributed by atoms with E-state index >= 15 is 0 Å². The Morgan fingerprint density at radius 1 is 0.957 bits per heavy atom. The number of amides is 1. The van der Waals surface area contributed by atoms with E-state index in [2.05, 4.69) is 10.6 Å². The Kier molecular flexibility index (Phi) is 4.83. The van der Waals surface area contributed by atoms with E-state index in [-0.39, 0.29) is 11.7 Å². The van der Waals surface area contributed by atoms with Gasteiger partial charge in [-0.1, -0.05) is 42.5 Å². The van der Waals surface area contributed by atoms with Gasteiger partial charge in [0, 0.05) is 16.8 Å². The quantitative estimate of drug-likeness (QED) is 0.773. The topological polar surface area (TPSA) is 58.2 Å². The van der Waals surface area contributed by atoms with Crippen LogP contribution in [0.5, 0.6) is 0 Å². The molecule has 0 unspecified atom stereocenters. The standard InChI is InChI=1S/C19H20N2O2/c22-18(13-20-12-14-9-10-14)21-17-8-4-7-16(11-17)19(23)15-5-2-1-3-6-15/h1-8,11,14,20H,9-10,12-13H2,(H,21,22). The number of nitrogens with one attached hydrogen (secondary N) is 2. The van der Waals surface area contributed by atoms with Gasteiger partial charge in [-0.05, 0) is 37.4 Å². The lowest BCUT2D eigenvalue weighted by Gasteiger charge is -2.08. The normalized spacial score (nSPS) is 13.6. The van der Waals surface area contributed by atoms with Crippen molar-refractivity contribution in [2.24, 2.45) is 5.92 Å². The molecule has 0 saturated heterocycles. The molecule has 2 aromatic rings. The second-order valence-electron chi connectivity index (χ2n) is 5.90. The van der Waals surface area contributed by atoms with Crippen LogP contribution in [0.15, 0.2) is 54.6 Å². The summed E-state index contributed by atoms with van der Waals surface area (Å²) >= 11 is 0. The van der Waals surface area contributed by atoms with Crippen molar-refractivity contribution in [3.63, 3.8) is 0 Å². The van der Waals surface area contributed by atoms with Gasteiger partial charge in [-0.25, -0.2) is 0 Å². The highest BCUT2D eigenvalue weighted by Gasteiger charge is 2.20. The van der Waals surface area contributed by atoms with E-state index in [1.165, 1.54) is 12.8 Å². The van der Waals surface area contributed by atoms with E-state index in [9.17, 15) is 9.59 Å². The molecule has 4 heteroatoms. The van der Waals surface area contributed by atoms with Gasteiger partial charge in [0.05, 0.1) is 6.54 Å². The van der Waals surface area contributed by atoms with E-state index in [1.54, 1.807) is 36.4 Å². The third-order valence-corrected chi connectivity index (χ3v) is 3.86. The molecule has 0 atom stereocenters. The average Bonchev–Trinajstić information content (AvgIpc) is 3.39. The maximum atomic E-state index is 12.4. The summed E-state index contributed by atoms with van der Waals surface area (Å²) in [5, 5.41) is 5.98. The number of ketones is 1. The summed E-state index contributed by atoms with van der Waals surface area (Å²) in [4.78, 5) is 24.3. The maximum Gasteiger partial charge on any atom is 0.238 e. The number of hydrogen-bond acceptors (Lipinski definition) is 3. The SMILES string of the molecule is O=C(CNCC1CC1)Nc1cccc(C(=O)c2ccccc2)c1. The molecule has 23 heavy (non-hydrogen) atoms. The van der Waals surface area contributed by atoms with Crippen LogP contribution in [0.2, 0.25) is 0 Å². The van der Waals surface area contributed by atoms with Crippen molar-refractivity contribution in [1.29, 1.82) is 0 Å². The number of rotatable bonds is 7. The summed E-state index contributed by atoms with van der Waals surface area (Å²) in [6.45, 7) is 1.20. The molecule has 1 aliphatic carbocycles. The van der Waals surface area contributed by atoms with Crippen LogP contribution < -0.4 is 10.6 Å². The third kappa shape index (κ3) is 4.50. The minimum absolute atomic E-state index is 0.0476. The molecule has 0 spiro atoms. The zero-order valence-electron chi connectivity index (χ0n) is 12.9. The van der Waals surface area contributed by atoms with Crippen molar-refractivity contribution >= 4 is 17.4 Å². The van der Waals surface area contributed by atoms with Crippen molar-refractivity contribution in [2.75, 3.05) is 18.4 Å². The Bertz CT molecular complexity index is 694. The largest absolute Gasteiger partial charge is 0.325 e. The summed E-state index contributed by atoms with van der Waals surface area (Å²) in [5.74, 6) is 0.609. The molecule has 1 fully saturated rings. The first-order chi connectivity index (χ1) is 11.2. The zero-order chi connectivity index (χ0) is 16.1. The van der Waals surface area contributed by atoms with Crippen LogP contribution in [0.3, 0.4) is 0 Å². The molecule has 1 amide bonds. The fourth-order valence-electron chi connectivity index (χ4n) is 2.41. The number of benzene rings is 2. The smallest absolute Gasteiger partial charge is 0.238 e. The molecule has 2 aromatic carbocycles. The van der Waals surface area contributed by atoms with Crippen LogP contribution in [-0.4, -0.2) is 24.8 Å². The Labute approximate surface area is 135 Å². The number of carbonyl (C=O) groups is 2. The predicted molar refractivity (Wildman–Crippen MR) is 90.5 cm³/mol. The maximum absolute atomic E-state index is 12.4. The molecule has 1 saturated carbocycles. The van der Waals surface area contributed by atoms with Gasteiger partial charge < -0.3 is 10.6 Å². The van der Waals surface area contributed by atoms with E-state index in [1.807, 2.05) is 18.2 Å². The van der Waals surface area contributed by atoms with Crippen LogP contribution >= 0.6 is 0 Å². The van der Waals surface area contributed by atoms with Crippen LogP contribution in [0, 0.1) is 5.92 Å². The molecular weight excluding hydrogens is 288 g/mol. The van der Waals surface area contributed by atoms with Crippen molar-refractivity contribution in [3.8, 4) is 0 Å². The van der Waals surface area contributed by atoms with Crippen LogP contribution in [0.4, 0.5) is 5.69 Å². The van der Waals surface area contributed by atoms with E-state index in [0.29, 0.717) is 23.4 Å². The van der Waals surface area contributed by atoms with Gasteiger partial charge in [-0.3, -0.25) is 9.59 Å². The molecule has 118 valence electrons. The molecule has 1 aliphatic rings. The summed E-state index contributed by atoms with van der Waals surface area (Å²) in [6, 6.07) is 16.2. The molecule has 0 radical (unpaired) electrons. The third-order valence-electron chi connectivity index (χ3n) is 3.86. The van der Waals surface area contributed by atoms with Crippen LogP contribution in [-0.2, 0) is 4.79 Å². The van der Waals surface area contributed by atoms with Gasteiger partial charge in [-0.15, -0.1) is 0 Å². The predicted octanol–water partition coefficient (Wildman–Crippen LogP) is 2.86. The first-order valence-corrected chi connectivity index (χ1v) is 7.93. The lowest BCUT2D eigenvalue weighted by atomic mass is 10.0. The van der Waals surface area contributed by atoms with Crippen molar-refractivity contribution < 1.29 is 9.59 Å². The molecule has 0 bridgehead atoms. The molecular formula is C19H20N2O2. The van der Waals surface area contributed by atoms with Crippen LogP contribution in [0.25, 0.3) is 0 Å². The number of hydrogen-bond donors (Lipinski definition) is 2. The lowest BCUT2D eigenvalue weighted by molar-refractivity contribution is -0.115. The monoisotopic (exact) mass is 308 g/mol. The summed E-state index contributed by atoms with van der Waals surface area (Å²) in [6.07, 6.45) is 2.52. The second-order valence-corrected chi connectivity index (χ2v) is 5.90. The van der Waals surface area contributed by atoms with E-state index in [4.69, 9.17) is 0 Å². The fourth-order valence-corrected chi connectivity index (χ4v) is 2.41. The second kappa shape index (κ2) is 7.20. The van der Waals surface area contributed by atoms with Gasteiger partial charge in [0.15, 0.2) is 5.78 Å². The van der Waals surface area contributed by atoms with E-state index in [0.717, 1.165) is 12.5 Å². The van der Waals surface area contributed by atoms with Gasteiger partial charge in [0.1, 0.15) is 0 Å². The highest BCUT2D eigenvalue weighted by molar-refractivity contribution is 6.09. The average molecular weight is 308 g/mol. The Morgan fingerprint density at radius 2 is 1.70 bits per heavy atom. The molecule has 0 aromatic heterocycles. The van der Waals surface area contributed by atoms with Crippen molar-refractivity contribution in [2.45, 2.75) is 12.8 Å². The minimum atomic E-state index is -0.0880. The molecule has 2 N–H and O–H groups in total. The van der Waals surface area contributed by atoms with Gasteiger partial charge >= 0.3 is 0 Å². The van der Waals surface area contributed by atoms with Gasteiger partial charge in [0.2, 0.25) is 5.91 Å². The highest BCUT2D eigenvalue weighted by atomic mass is 16.2. The van der Waals surface area contributed by atoms with Crippen LogP contribution in [0.1, 0.15) is 28.8 Å². The molecule has 3 rings (SSSR count). The van der Waals surface area contributed by atoms with Crippen molar-refractivity contribution in [3.05, 3.63) is 65.7 Å². The molecule has 0 heterocycles. The fraction of sp³-hybridized carbons (Fsp3) is 0.263. The molecule has 0 aliphatic heterocycles. The summed E-state index contributed by atoms with van der Waals surface area (Å²) < 4.78 is 0. The first kappa shape index (κ1) is 15.4.